The van der Waals surface area contributed by atoms with Crippen LogP contribution in [0.4, 0.5) is 5.82 Å². The maximum absolute atomic E-state index is 12.2. The molecule has 1 heterocycles. The van der Waals surface area contributed by atoms with E-state index in [4.69, 9.17) is 0 Å². The molecule has 1 amide bonds. The van der Waals surface area contributed by atoms with Crippen molar-refractivity contribution in [2.24, 2.45) is 0 Å². The summed E-state index contributed by atoms with van der Waals surface area (Å²) >= 11 is 0. The highest BCUT2D eigenvalue weighted by Gasteiger charge is 2.12. The van der Waals surface area contributed by atoms with Crippen LogP contribution in [0.3, 0.4) is 0 Å². The molecule has 0 radical (unpaired) electrons. The predicted molar refractivity (Wildman–Crippen MR) is 79.5 cm³/mol. The number of carbonyl (C=O) groups excluding carboxylic acids is 1. The molecule has 1 aromatic heterocycles. The fourth-order valence-electron chi connectivity index (χ4n) is 1.71. The van der Waals surface area contributed by atoms with Crippen LogP contribution in [0.25, 0.3) is 0 Å². The van der Waals surface area contributed by atoms with Gasteiger partial charge in [-0.25, -0.2) is 4.98 Å². The van der Waals surface area contributed by atoms with Gasteiger partial charge in [-0.3, -0.25) is 4.79 Å². The summed E-state index contributed by atoms with van der Waals surface area (Å²) in [6.45, 7) is 7.14. The third kappa shape index (κ3) is 4.89. The molecule has 0 aliphatic carbocycles. The minimum atomic E-state index is 0.0584. The number of amides is 1. The predicted octanol–water partition coefficient (Wildman–Crippen LogP) is 3.16. The van der Waals surface area contributed by atoms with Crippen molar-refractivity contribution in [3.8, 4) is 0 Å². The third-order valence-corrected chi connectivity index (χ3v) is 3.21. The lowest BCUT2D eigenvalue weighted by molar-refractivity contribution is 0.0793. The highest BCUT2D eigenvalue weighted by atomic mass is 16.2. The zero-order valence-electron chi connectivity index (χ0n) is 12.4. The first kappa shape index (κ1) is 15.5. The van der Waals surface area contributed by atoms with Crippen LogP contribution in [0.2, 0.25) is 0 Å². The fraction of sp³-hybridized carbons (Fsp3) is 0.600. The van der Waals surface area contributed by atoms with Crippen molar-refractivity contribution in [1.29, 1.82) is 0 Å². The second kappa shape index (κ2) is 7.77. The molecule has 0 fully saturated rings. The molecular formula is C15H25N3O. The van der Waals surface area contributed by atoms with E-state index in [0.717, 1.165) is 31.6 Å². The van der Waals surface area contributed by atoms with E-state index in [0.29, 0.717) is 11.6 Å². The molecule has 0 aliphatic rings. The number of rotatable bonds is 7. The van der Waals surface area contributed by atoms with Gasteiger partial charge in [0.15, 0.2) is 0 Å². The SMILES string of the molecule is CCCCN(C)C(=O)c1ccnc(NC(C)CC)c1. The van der Waals surface area contributed by atoms with E-state index in [-0.39, 0.29) is 5.91 Å². The molecule has 0 bridgehead atoms. The van der Waals surface area contributed by atoms with E-state index in [1.165, 1.54) is 0 Å². The minimum Gasteiger partial charge on any atom is -0.368 e. The summed E-state index contributed by atoms with van der Waals surface area (Å²) in [6, 6.07) is 3.96. The van der Waals surface area contributed by atoms with E-state index < -0.39 is 0 Å². The Hall–Kier alpha value is -1.58. The van der Waals surface area contributed by atoms with Gasteiger partial charge in [-0.1, -0.05) is 20.3 Å². The van der Waals surface area contributed by atoms with Crippen molar-refractivity contribution in [3.05, 3.63) is 23.9 Å². The Labute approximate surface area is 116 Å². The van der Waals surface area contributed by atoms with Gasteiger partial charge >= 0.3 is 0 Å². The average Bonchev–Trinajstić information content (AvgIpc) is 2.44. The molecule has 0 saturated heterocycles. The van der Waals surface area contributed by atoms with Gasteiger partial charge in [0.2, 0.25) is 0 Å². The van der Waals surface area contributed by atoms with Gasteiger partial charge in [0.1, 0.15) is 5.82 Å². The number of nitrogens with zero attached hydrogens (tertiary/aromatic N) is 2. The maximum Gasteiger partial charge on any atom is 0.253 e. The highest BCUT2D eigenvalue weighted by molar-refractivity contribution is 5.94. The number of nitrogens with one attached hydrogen (secondary N) is 1. The number of hydrogen-bond donors (Lipinski definition) is 1. The summed E-state index contributed by atoms with van der Waals surface area (Å²) in [5.41, 5.74) is 0.694. The van der Waals surface area contributed by atoms with Gasteiger partial charge in [0, 0.05) is 31.4 Å². The molecular weight excluding hydrogens is 238 g/mol. The summed E-state index contributed by atoms with van der Waals surface area (Å²) in [4.78, 5) is 18.2. The second-order valence-corrected chi connectivity index (χ2v) is 4.96. The van der Waals surface area contributed by atoms with E-state index in [1.54, 1.807) is 17.2 Å². The van der Waals surface area contributed by atoms with E-state index in [2.05, 4.69) is 31.1 Å². The minimum absolute atomic E-state index is 0.0584. The van der Waals surface area contributed by atoms with Crippen LogP contribution in [0.1, 0.15) is 50.4 Å². The zero-order valence-corrected chi connectivity index (χ0v) is 12.4. The molecule has 0 spiro atoms. The Balaban J connectivity index is 2.72. The number of hydrogen-bond acceptors (Lipinski definition) is 3. The van der Waals surface area contributed by atoms with Crippen molar-refractivity contribution >= 4 is 11.7 Å². The second-order valence-electron chi connectivity index (χ2n) is 4.96. The van der Waals surface area contributed by atoms with Crippen LogP contribution in [0, 0.1) is 0 Å². The van der Waals surface area contributed by atoms with E-state index in [1.807, 2.05) is 13.1 Å². The van der Waals surface area contributed by atoms with E-state index >= 15 is 0 Å². The molecule has 0 aromatic carbocycles. The molecule has 19 heavy (non-hydrogen) atoms. The van der Waals surface area contributed by atoms with Gasteiger partial charge in [0.25, 0.3) is 5.91 Å². The summed E-state index contributed by atoms with van der Waals surface area (Å²) in [7, 11) is 1.85. The smallest absolute Gasteiger partial charge is 0.253 e. The Kier molecular flexibility index (Phi) is 6.33. The number of aromatic nitrogens is 1. The van der Waals surface area contributed by atoms with Crippen LogP contribution in [-0.4, -0.2) is 35.4 Å². The van der Waals surface area contributed by atoms with Crippen LogP contribution in [0.5, 0.6) is 0 Å². The Morgan fingerprint density at radius 2 is 2.21 bits per heavy atom. The van der Waals surface area contributed by atoms with E-state index in [9.17, 15) is 4.79 Å². The normalized spacial score (nSPS) is 12.0. The van der Waals surface area contributed by atoms with Gasteiger partial charge in [-0.15, -0.1) is 0 Å². The molecule has 4 nitrogen and oxygen atoms in total. The van der Waals surface area contributed by atoms with Crippen LogP contribution < -0.4 is 5.32 Å². The summed E-state index contributed by atoms with van der Waals surface area (Å²) in [5, 5.41) is 3.29. The number of pyridine rings is 1. The Bertz CT molecular complexity index is 406. The fourth-order valence-corrected chi connectivity index (χ4v) is 1.71. The largest absolute Gasteiger partial charge is 0.368 e. The zero-order chi connectivity index (χ0) is 14.3. The average molecular weight is 263 g/mol. The third-order valence-electron chi connectivity index (χ3n) is 3.21. The van der Waals surface area contributed by atoms with Crippen molar-refractivity contribution in [3.63, 3.8) is 0 Å². The molecule has 1 N–H and O–H groups in total. The molecule has 0 aliphatic heterocycles. The molecule has 1 rings (SSSR count). The lowest BCUT2D eigenvalue weighted by atomic mass is 10.2. The Morgan fingerprint density at radius 1 is 1.47 bits per heavy atom. The van der Waals surface area contributed by atoms with Gasteiger partial charge < -0.3 is 10.2 Å². The quantitative estimate of drug-likeness (QED) is 0.822. The van der Waals surface area contributed by atoms with Crippen molar-refractivity contribution in [1.82, 2.24) is 9.88 Å². The molecule has 1 aromatic rings. The standard InChI is InChI=1S/C15H25N3O/c1-5-7-10-18(4)15(19)13-8-9-16-14(11-13)17-12(3)6-2/h8-9,11-12H,5-7,10H2,1-4H3,(H,16,17). The lowest BCUT2D eigenvalue weighted by Gasteiger charge is -2.18. The molecule has 1 atom stereocenters. The van der Waals surface area contributed by atoms with Crippen LogP contribution in [0.15, 0.2) is 18.3 Å². The first-order chi connectivity index (χ1) is 9.08. The maximum atomic E-state index is 12.2. The summed E-state index contributed by atoms with van der Waals surface area (Å²) in [6.07, 6.45) is 4.84. The molecule has 106 valence electrons. The summed E-state index contributed by atoms with van der Waals surface area (Å²) in [5.74, 6) is 0.826. The molecule has 1 unspecified atom stereocenters. The Morgan fingerprint density at radius 3 is 2.84 bits per heavy atom. The first-order valence-electron chi connectivity index (χ1n) is 7.06. The van der Waals surface area contributed by atoms with Gasteiger partial charge in [-0.05, 0) is 31.9 Å². The van der Waals surface area contributed by atoms with Crippen molar-refractivity contribution in [2.45, 2.75) is 46.1 Å². The van der Waals surface area contributed by atoms with Crippen LogP contribution >= 0.6 is 0 Å². The van der Waals surface area contributed by atoms with Crippen molar-refractivity contribution < 1.29 is 4.79 Å². The number of anilines is 1. The van der Waals surface area contributed by atoms with Gasteiger partial charge in [-0.2, -0.15) is 0 Å². The topological polar surface area (TPSA) is 45.2 Å². The van der Waals surface area contributed by atoms with Gasteiger partial charge in [0.05, 0.1) is 0 Å². The molecule has 4 heteroatoms. The lowest BCUT2D eigenvalue weighted by Crippen LogP contribution is -2.27. The highest BCUT2D eigenvalue weighted by Crippen LogP contribution is 2.11. The number of carbonyl (C=O) groups is 1. The van der Waals surface area contributed by atoms with Crippen molar-refractivity contribution in [2.75, 3.05) is 18.9 Å². The monoisotopic (exact) mass is 263 g/mol. The molecule has 0 saturated carbocycles. The number of unbranched alkanes of at least 4 members (excludes halogenated alkanes) is 1. The summed E-state index contributed by atoms with van der Waals surface area (Å²) < 4.78 is 0. The van der Waals surface area contributed by atoms with Crippen LogP contribution in [-0.2, 0) is 0 Å². The first-order valence-corrected chi connectivity index (χ1v) is 7.06.